The van der Waals surface area contributed by atoms with Crippen molar-refractivity contribution >= 4 is 21.9 Å². The van der Waals surface area contributed by atoms with Gasteiger partial charge in [-0.2, -0.15) is 5.10 Å². The maximum absolute atomic E-state index is 11.0. The standard InChI is InChI=1S/C52H46N5O.Pt/c1-51(2,3)38-26-36(27-39(31-38)52(4,5)6)37-29-45(55-46(30-37)42-19-11-12-22-48(42)58)35-16-13-15-34(25-35)44-28-33(23-24-53-44)41-20-14-21-43-49(41)57(40-17-9-8-10-18-40)47-32-54-56(7)50(43)47;/h8-24,26-32,58H,1-7H3;/q-1;. The van der Waals surface area contributed by atoms with E-state index >= 15 is 0 Å². The van der Waals surface area contributed by atoms with E-state index in [9.17, 15) is 5.11 Å². The molecule has 0 fully saturated rings. The topological polar surface area (TPSA) is 68.8 Å². The van der Waals surface area contributed by atoms with Gasteiger partial charge < -0.3 is 9.67 Å². The summed E-state index contributed by atoms with van der Waals surface area (Å²) in [5.41, 5.74) is 15.7. The van der Waals surface area contributed by atoms with Gasteiger partial charge in [0, 0.05) is 67.9 Å². The molecule has 5 aromatic carbocycles. The molecule has 0 spiro atoms. The minimum atomic E-state index is -0.0447. The van der Waals surface area contributed by atoms with Crippen LogP contribution in [0.15, 0.2) is 146 Å². The molecule has 0 radical (unpaired) electrons. The molecule has 0 unspecified atom stereocenters. The van der Waals surface area contributed by atoms with Gasteiger partial charge >= 0.3 is 0 Å². The summed E-state index contributed by atoms with van der Waals surface area (Å²) in [6.45, 7) is 13.5. The first-order chi connectivity index (χ1) is 27.8. The fourth-order valence-corrected chi connectivity index (χ4v) is 7.91. The van der Waals surface area contributed by atoms with Crippen LogP contribution < -0.4 is 0 Å². The van der Waals surface area contributed by atoms with Gasteiger partial charge in [-0.05, 0) is 75.0 Å². The zero-order valence-corrected chi connectivity index (χ0v) is 36.6. The Bertz CT molecular complexity index is 2970. The van der Waals surface area contributed by atoms with Crippen molar-refractivity contribution in [1.82, 2.24) is 24.3 Å². The summed E-state index contributed by atoms with van der Waals surface area (Å²) < 4.78 is 4.26. The number of para-hydroxylation sites is 3. The Balaban J connectivity index is 0.00000484. The molecule has 6 nitrogen and oxygen atoms in total. The van der Waals surface area contributed by atoms with E-state index in [1.807, 2.05) is 60.5 Å². The second-order valence-electron chi connectivity index (χ2n) is 17.2. The van der Waals surface area contributed by atoms with Gasteiger partial charge in [0.1, 0.15) is 5.75 Å². The third-order valence-corrected chi connectivity index (χ3v) is 11.1. The molecular weight excluding hydrogens is 906 g/mol. The smallest absolute Gasteiger partial charge is 0.124 e. The van der Waals surface area contributed by atoms with Gasteiger partial charge in [0.15, 0.2) is 0 Å². The van der Waals surface area contributed by atoms with Crippen molar-refractivity contribution < 1.29 is 26.2 Å². The van der Waals surface area contributed by atoms with Gasteiger partial charge in [0.2, 0.25) is 0 Å². The fraction of sp³-hybridized carbons (Fsp3) is 0.173. The molecule has 7 heteroatoms. The molecule has 9 aromatic rings. The van der Waals surface area contributed by atoms with Crippen LogP contribution >= 0.6 is 0 Å². The van der Waals surface area contributed by atoms with E-state index in [0.717, 1.165) is 72.4 Å². The summed E-state index contributed by atoms with van der Waals surface area (Å²) in [6.07, 6.45) is 3.83. The van der Waals surface area contributed by atoms with Crippen LogP contribution in [0.2, 0.25) is 0 Å². The van der Waals surface area contributed by atoms with E-state index in [1.54, 1.807) is 6.07 Å². The second kappa shape index (κ2) is 15.2. The van der Waals surface area contributed by atoms with E-state index < -0.39 is 0 Å². The van der Waals surface area contributed by atoms with Crippen molar-refractivity contribution in [3.8, 4) is 67.5 Å². The van der Waals surface area contributed by atoms with Crippen molar-refractivity contribution in [3.05, 3.63) is 163 Å². The molecule has 0 atom stereocenters. The molecule has 4 aromatic heterocycles. The average Bonchev–Trinajstić information content (AvgIpc) is 3.77. The van der Waals surface area contributed by atoms with Crippen molar-refractivity contribution in [1.29, 1.82) is 0 Å². The summed E-state index contributed by atoms with van der Waals surface area (Å²) in [5.74, 6) is 0.188. The van der Waals surface area contributed by atoms with Crippen molar-refractivity contribution in [2.45, 2.75) is 52.4 Å². The number of phenols is 1. The molecule has 1 N–H and O–H groups in total. The zero-order chi connectivity index (χ0) is 40.3. The summed E-state index contributed by atoms with van der Waals surface area (Å²) >= 11 is 0. The number of pyridine rings is 2. The number of hydrogen-bond acceptors (Lipinski definition) is 4. The van der Waals surface area contributed by atoms with Crippen LogP contribution in [0.4, 0.5) is 0 Å². The Morgan fingerprint density at radius 3 is 1.90 bits per heavy atom. The van der Waals surface area contributed by atoms with Crippen molar-refractivity contribution in [2.75, 3.05) is 0 Å². The summed E-state index contributed by atoms with van der Waals surface area (Å²) in [4.78, 5) is 10.1. The van der Waals surface area contributed by atoms with Crippen LogP contribution in [0.25, 0.3) is 83.6 Å². The molecular formula is C52H46N5OPt-. The quantitative estimate of drug-likeness (QED) is 0.169. The Kier molecular flexibility index (Phi) is 10.3. The van der Waals surface area contributed by atoms with Crippen LogP contribution in [0, 0.1) is 6.07 Å². The maximum Gasteiger partial charge on any atom is 0.124 e. The largest absolute Gasteiger partial charge is 0.507 e. The van der Waals surface area contributed by atoms with Gasteiger partial charge in [-0.15, -0.1) is 24.3 Å². The average molecular weight is 952 g/mol. The van der Waals surface area contributed by atoms with Crippen LogP contribution in [0.5, 0.6) is 5.75 Å². The summed E-state index contributed by atoms with van der Waals surface area (Å²) in [7, 11) is 2.00. The Morgan fingerprint density at radius 1 is 0.576 bits per heavy atom. The normalized spacial score (nSPS) is 11.9. The number of hydrogen-bond donors (Lipinski definition) is 1. The number of aryl methyl sites for hydroxylation is 1. The second-order valence-corrected chi connectivity index (χ2v) is 17.2. The van der Waals surface area contributed by atoms with Gasteiger partial charge in [0.25, 0.3) is 0 Å². The van der Waals surface area contributed by atoms with Gasteiger partial charge in [0.05, 0.1) is 28.4 Å². The third-order valence-electron chi connectivity index (χ3n) is 11.1. The monoisotopic (exact) mass is 951 g/mol. The molecule has 0 aliphatic rings. The number of nitrogens with zero attached hydrogens (tertiary/aromatic N) is 5. The third kappa shape index (κ3) is 7.43. The van der Waals surface area contributed by atoms with E-state index in [-0.39, 0.29) is 37.6 Å². The minimum Gasteiger partial charge on any atom is -0.507 e. The molecule has 0 aliphatic carbocycles. The molecule has 296 valence electrons. The van der Waals surface area contributed by atoms with Crippen LogP contribution in [0.1, 0.15) is 52.7 Å². The number of aromatic nitrogens is 5. The molecule has 0 amide bonds. The van der Waals surface area contributed by atoms with E-state index in [2.05, 4.69) is 148 Å². The number of aromatic hydroxyl groups is 1. The fourth-order valence-electron chi connectivity index (χ4n) is 7.91. The first kappa shape index (κ1) is 39.7. The summed E-state index contributed by atoms with van der Waals surface area (Å²) in [5, 5.41) is 16.8. The van der Waals surface area contributed by atoms with Crippen molar-refractivity contribution in [3.63, 3.8) is 0 Å². The molecule has 0 aliphatic heterocycles. The predicted molar refractivity (Wildman–Crippen MR) is 238 cm³/mol. The van der Waals surface area contributed by atoms with Crippen molar-refractivity contribution in [2.24, 2.45) is 7.05 Å². The maximum atomic E-state index is 11.0. The SMILES string of the molecule is Cn1ncc2c1c1cccc(-c3ccnc(-c4[c-]c(-c5cc(-c6cc(C(C)(C)C)cc(C(C)(C)C)c6)cc(-c6ccccc6O)n5)ccc4)c3)c1n2-c1ccccc1.[Pt]. The Morgan fingerprint density at radius 2 is 1.19 bits per heavy atom. The minimum absolute atomic E-state index is 0. The van der Waals surface area contributed by atoms with Crippen LogP contribution in [-0.4, -0.2) is 29.4 Å². The molecule has 0 bridgehead atoms. The van der Waals surface area contributed by atoms with Gasteiger partial charge in [-0.3, -0.25) is 14.6 Å². The van der Waals surface area contributed by atoms with Crippen LogP contribution in [0.3, 0.4) is 0 Å². The predicted octanol–water partition coefficient (Wildman–Crippen LogP) is 12.7. The Hall–Kier alpha value is -6.10. The molecule has 59 heavy (non-hydrogen) atoms. The Labute approximate surface area is 360 Å². The number of benzene rings is 5. The number of rotatable bonds is 6. The molecule has 9 rings (SSSR count). The van der Waals surface area contributed by atoms with Gasteiger partial charge in [-0.25, -0.2) is 0 Å². The van der Waals surface area contributed by atoms with Gasteiger partial charge in [-0.1, -0.05) is 132 Å². The molecule has 4 heterocycles. The first-order valence-electron chi connectivity index (χ1n) is 19.8. The first-order valence-corrected chi connectivity index (χ1v) is 19.8. The number of fused-ring (bicyclic) bond motifs is 3. The molecule has 0 saturated heterocycles. The van der Waals surface area contributed by atoms with E-state index in [1.165, 1.54) is 11.1 Å². The van der Waals surface area contributed by atoms with E-state index in [0.29, 0.717) is 11.3 Å². The summed E-state index contributed by atoms with van der Waals surface area (Å²) in [6, 6.07) is 49.6. The van der Waals surface area contributed by atoms with E-state index in [4.69, 9.17) is 9.97 Å². The van der Waals surface area contributed by atoms with Crippen LogP contribution in [-0.2, 0) is 38.9 Å². The molecule has 0 saturated carbocycles. The number of phenolic OH excluding ortho intramolecular Hbond substituents is 1. The zero-order valence-electron chi connectivity index (χ0n) is 34.4.